The molecule has 1 amide bonds. The summed E-state index contributed by atoms with van der Waals surface area (Å²) in [6.07, 6.45) is 3.73. The van der Waals surface area contributed by atoms with Gasteiger partial charge in [0.05, 0.1) is 0 Å². The normalized spacial score (nSPS) is 15.3. The molecule has 1 saturated carbocycles. The zero-order chi connectivity index (χ0) is 15.4. The lowest BCUT2D eigenvalue weighted by Gasteiger charge is -2.16. The third kappa shape index (κ3) is 3.56. The summed E-state index contributed by atoms with van der Waals surface area (Å²) < 4.78 is 0. The van der Waals surface area contributed by atoms with Crippen LogP contribution >= 0.6 is 0 Å². The Morgan fingerprint density at radius 2 is 1.86 bits per heavy atom. The van der Waals surface area contributed by atoms with Crippen LogP contribution < -0.4 is 5.32 Å². The highest BCUT2D eigenvalue weighted by atomic mass is 16.1. The van der Waals surface area contributed by atoms with Crippen molar-refractivity contribution >= 4 is 5.91 Å². The van der Waals surface area contributed by atoms with Gasteiger partial charge in [-0.25, -0.2) is 0 Å². The monoisotopic (exact) mass is 293 g/mol. The van der Waals surface area contributed by atoms with Gasteiger partial charge in [-0.2, -0.15) is 0 Å². The van der Waals surface area contributed by atoms with Crippen molar-refractivity contribution < 1.29 is 4.79 Å². The molecular weight excluding hydrogens is 270 g/mol. The Hall–Kier alpha value is -2.09. The Kier molecular flexibility index (Phi) is 4.28. The Labute approximate surface area is 132 Å². The first-order valence-corrected chi connectivity index (χ1v) is 8.06. The molecule has 0 unspecified atom stereocenters. The molecule has 0 saturated heterocycles. The minimum Gasteiger partial charge on any atom is -0.355 e. The van der Waals surface area contributed by atoms with Gasteiger partial charge >= 0.3 is 0 Å². The van der Waals surface area contributed by atoms with Crippen LogP contribution in [0.2, 0.25) is 0 Å². The summed E-state index contributed by atoms with van der Waals surface area (Å²) in [6, 6.07) is 18.9. The van der Waals surface area contributed by atoms with Crippen molar-refractivity contribution in [1.82, 2.24) is 5.32 Å². The van der Waals surface area contributed by atoms with Crippen LogP contribution in [0, 0.1) is 6.92 Å². The third-order valence-corrected chi connectivity index (χ3v) is 4.59. The van der Waals surface area contributed by atoms with Crippen LogP contribution in [0.4, 0.5) is 0 Å². The summed E-state index contributed by atoms with van der Waals surface area (Å²) >= 11 is 0. The highest BCUT2D eigenvalue weighted by Crippen LogP contribution is 2.47. The number of amides is 1. The number of hydrogen-bond donors (Lipinski definition) is 1. The second-order valence-corrected chi connectivity index (χ2v) is 6.41. The minimum atomic E-state index is 0.156. The van der Waals surface area contributed by atoms with E-state index < -0.39 is 0 Å². The van der Waals surface area contributed by atoms with Crippen LogP contribution in [-0.4, -0.2) is 12.5 Å². The van der Waals surface area contributed by atoms with E-state index >= 15 is 0 Å². The van der Waals surface area contributed by atoms with Crippen molar-refractivity contribution in [3.8, 4) is 0 Å². The number of carbonyl (C=O) groups excluding carboxylic acids is 1. The molecule has 2 heteroatoms. The van der Waals surface area contributed by atoms with Crippen molar-refractivity contribution in [2.75, 3.05) is 6.54 Å². The summed E-state index contributed by atoms with van der Waals surface area (Å²) in [6.45, 7) is 2.85. The summed E-state index contributed by atoms with van der Waals surface area (Å²) in [5, 5.41) is 3.13. The fraction of sp³-hybridized carbons (Fsp3) is 0.350. The minimum absolute atomic E-state index is 0.156. The van der Waals surface area contributed by atoms with Gasteiger partial charge in [0, 0.05) is 18.4 Å². The predicted octanol–water partition coefficient (Wildman–Crippen LogP) is 3.78. The van der Waals surface area contributed by atoms with Gasteiger partial charge in [0.25, 0.3) is 0 Å². The standard InChI is InChI=1S/C20H23NO/c1-16-6-5-7-17(14-16)10-11-19(22)21-15-20(12-13-20)18-8-3-2-4-9-18/h2-9,14H,10-13,15H2,1H3,(H,21,22). The number of hydrogen-bond acceptors (Lipinski definition) is 1. The highest BCUT2D eigenvalue weighted by Gasteiger charge is 2.44. The topological polar surface area (TPSA) is 29.1 Å². The molecule has 1 aliphatic rings. The smallest absolute Gasteiger partial charge is 0.220 e. The molecule has 1 fully saturated rings. The van der Waals surface area contributed by atoms with Crippen LogP contribution in [0.15, 0.2) is 54.6 Å². The lowest BCUT2D eigenvalue weighted by atomic mass is 9.96. The van der Waals surface area contributed by atoms with Gasteiger partial charge in [0.1, 0.15) is 0 Å². The van der Waals surface area contributed by atoms with Gasteiger partial charge in [-0.15, -0.1) is 0 Å². The number of carbonyl (C=O) groups is 1. The van der Waals surface area contributed by atoms with E-state index in [-0.39, 0.29) is 11.3 Å². The number of nitrogens with one attached hydrogen (secondary N) is 1. The molecule has 2 aromatic rings. The first-order valence-electron chi connectivity index (χ1n) is 8.06. The second-order valence-electron chi connectivity index (χ2n) is 6.41. The van der Waals surface area contributed by atoms with Gasteiger partial charge in [-0.05, 0) is 37.3 Å². The van der Waals surface area contributed by atoms with Gasteiger partial charge in [0.2, 0.25) is 5.91 Å². The molecule has 2 nitrogen and oxygen atoms in total. The largest absolute Gasteiger partial charge is 0.355 e. The maximum absolute atomic E-state index is 12.1. The van der Waals surface area contributed by atoms with Crippen LogP contribution in [0.25, 0.3) is 0 Å². The molecule has 2 aromatic carbocycles. The summed E-state index contributed by atoms with van der Waals surface area (Å²) in [5.74, 6) is 0.156. The molecule has 1 aliphatic carbocycles. The van der Waals surface area contributed by atoms with Crippen molar-refractivity contribution in [2.45, 2.75) is 38.0 Å². The summed E-state index contributed by atoms with van der Waals surface area (Å²) in [4.78, 5) is 12.1. The third-order valence-electron chi connectivity index (χ3n) is 4.59. The van der Waals surface area contributed by atoms with Crippen LogP contribution in [0.1, 0.15) is 36.0 Å². The van der Waals surface area contributed by atoms with Gasteiger partial charge in [-0.1, -0.05) is 60.2 Å². The molecule has 3 rings (SSSR count). The van der Waals surface area contributed by atoms with Gasteiger partial charge < -0.3 is 5.32 Å². The predicted molar refractivity (Wildman–Crippen MR) is 89.9 cm³/mol. The van der Waals surface area contributed by atoms with Crippen molar-refractivity contribution in [3.05, 3.63) is 71.3 Å². The van der Waals surface area contributed by atoms with E-state index in [0.717, 1.165) is 13.0 Å². The van der Waals surface area contributed by atoms with E-state index in [9.17, 15) is 4.79 Å². The van der Waals surface area contributed by atoms with Crippen molar-refractivity contribution in [2.24, 2.45) is 0 Å². The summed E-state index contributed by atoms with van der Waals surface area (Å²) in [7, 11) is 0. The van der Waals surface area contributed by atoms with Crippen LogP contribution in [-0.2, 0) is 16.6 Å². The first-order chi connectivity index (χ1) is 10.7. The fourth-order valence-electron chi connectivity index (χ4n) is 2.99. The van der Waals surface area contributed by atoms with E-state index in [1.165, 1.54) is 29.5 Å². The van der Waals surface area contributed by atoms with E-state index in [1.54, 1.807) is 0 Å². The second kappa shape index (κ2) is 6.35. The molecule has 0 aliphatic heterocycles. The molecule has 0 bridgehead atoms. The van der Waals surface area contributed by atoms with Crippen molar-refractivity contribution in [3.63, 3.8) is 0 Å². The average Bonchev–Trinajstić information content (AvgIpc) is 3.33. The van der Waals surface area contributed by atoms with Crippen LogP contribution in [0.3, 0.4) is 0 Å². The molecule has 0 spiro atoms. The molecule has 0 heterocycles. The fourth-order valence-corrected chi connectivity index (χ4v) is 2.99. The van der Waals surface area contributed by atoms with E-state index in [0.29, 0.717) is 6.42 Å². The van der Waals surface area contributed by atoms with E-state index in [1.807, 2.05) is 6.07 Å². The number of rotatable bonds is 6. The molecule has 0 radical (unpaired) electrons. The van der Waals surface area contributed by atoms with E-state index in [2.05, 4.69) is 60.8 Å². The lowest BCUT2D eigenvalue weighted by molar-refractivity contribution is -0.121. The lowest BCUT2D eigenvalue weighted by Crippen LogP contribution is -2.32. The average molecular weight is 293 g/mol. The summed E-state index contributed by atoms with van der Waals surface area (Å²) in [5.41, 5.74) is 4.03. The number of benzene rings is 2. The first kappa shape index (κ1) is 14.8. The SMILES string of the molecule is Cc1cccc(CCC(=O)NCC2(c3ccccc3)CC2)c1. The Bertz CT molecular complexity index is 644. The zero-order valence-electron chi connectivity index (χ0n) is 13.1. The Morgan fingerprint density at radius 3 is 2.55 bits per heavy atom. The van der Waals surface area contributed by atoms with Crippen molar-refractivity contribution in [1.29, 1.82) is 0 Å². The maximum atomic E-state index is 12.1. The molecule has 0 aromatic heterocycles. The zero-order valence-corrected chi connectivity index (χ0v) is 13.1. The van der Waals surface area contributed by atoms with Gasteiger partial charge in [0.15, 0.2) is 0 Å². The number of aryl methyl sites for hydroxylation is 2. The highest BCUT2D eigenvalue weighted by molar-refractivity contribution is 5.76. The van der Waals surface area contributed by atoms with E-state index in [4.69, 9.17) is 0 Å². The molecule has 1 N–H and O–H groups in total. The quantitative estimate of drug-likeness (QED) is 0.863. The molecule has 0 atom stereocenters. The molecular formula is C20H23NO. The molecule has 22 heavy (non-hydrogen) atoms. The molecule has 114 valence electrons. The Morgan fingerprint density at radius 1 is 1.09 bits per heavy atom. The maximum Gasteiger partial charge on any atom is 0.220 e. The Balaban J connectivity index is 1.49. The van der Waals surface area contributed by atoms with Crippen LogP contribution in [0.5, 0.6) is 0 Å². The van der Waals surface area contributed by atoms with Gasteiger partial charge in [-0.3, -0.25) is 4.79 Å².